The molecule has 98 valence electrons. The van der Waals surface area contributed by atoms with Gasteiger partial charge in [-0.1, -0.05) is 6.92 Å². The minimum absolute atomic E-state index is 0.248. The second-order valence-corrected chi connectivity index (χ2v) is 4.17. The summed E-state index contributed by atoms with van der Waals surface area (Å²) in [5.41, 5.74) is 7.25. The molecule has 0 aromatic carbocycles. The molecule has 0 spiro atoms. The summed E-state index contributed by atoms with van der Waals surface area (Å²) < 4.78 is 12.6. The second-order valence-electron chi connectivity index (χ2n) is 4.17. The number of hydrogen-bond acceptors (Lipinski definition) is 3. The summed E-state index contributed by atoms with van der Waals surface area (Å²) in [6.45, 7) is 5.02. The van der Waals surface area contributed by atoms with Crippen molar-refractivity contribution in [3.8, 4) is 0 Å². The van der Waals surface area contributed by atoms with Crippen molar-refractivity contribution in [2.24, 2.45) is 5.73 Å². The van der Waals surface area contributed by atoms with Gasteiger partial charge in [0.2, 0.25) is 0 Å². The van der Waals surface area contributed by atoms with Crippen molar-refractivity contribution >= 4 is 0 Å². The Labute approximate surface area is 104 Å². The van der Waals surface area contributed by atoms with Gasteiger partial charge in [0.15, 0.2) is 0 Å². The van der Waals surface area contributed by atoms with Crippen molar-refractivity contribution < 1.29 is 9.47 Å². The normalized spacial score (nSPS) is 12.9. The fraction of sp³-hybridized carbons (Fsp3) is 0.692. The van der Waals surface area contributed by atoms with Crippen LogP contribution in [0.5, 0.6) is 0 Å². The molecule has 1 rings (SSSR count). The maximum atomic E-state index is 5.97. The zero-order chi connectivity index (χ0) is 12.5. The Bertz CT molecular complexity index is 299. The van der Waals surface area contributed by atoms with Crippen LogP contribution >= 0.6 is 0 Å². The highest BCUT2D eigenvalue weighted by Crippen LogP contribution is 2.06. The lowest BCUT2D eigenvalue weighted by Gasteiger charge is -2.13. The second kappa shape index (κ2) is 8.28. The Morgan fingerprint density at radius 3 is 2.88 bits per heavy atom. The Kier molecular flexibility index (Phi) is 6.93. The van der Waals surface area contributed by atoms with Crippen LogP contribution in [-0.2, 0) is 22.4 Å². The maximum absolute atomic E-state index is 5.97. The van der Waals surface area contributed by atoms with Crippen molar-refractivity contribution in [2.75, 3.05) is 26.9 Å². The lowest BCUT2D eigenvalue weighted by atomic mass is 10.1. The van der Waals surface area contributed by atoms with E-state index in [4.69, 9.17) is 15.2 Å². The van der Waals surface area contributed by atoms with Crippen molar-refractivity contribution in [1.82, 2.24) is 4.57 Å². The van der Waals surface area contributed by atoms with Crippen molar-refractivity contribution in [1.29, 1.82) is 0 Å². The molecule has 0 fully saturated rings. The summed E-state index contributed by atoms with van der Waals surface area (Å²) >= 11 is 0. The van der Waals surface area contributed by atoms with Gasteiger partial charge in [-0.05, 0) is 18.6 Å². The van der Waals surface area contributed by atoms with E-state index in [9.17, 15) is 0 Å². The Morgan fingerprint density at radius 2 is 2.18 bits per heavy atom. The van der Waals surface area contributed by atoms with E-state index in [1.165, 1.54) is 5.69 Å². The van der Waals surface area contributed by atoms with E-state index in [0.29, 0.717) is 19.8 Å². The number of nitrogens with zero attached hydrogens (tertiary/aromatic N) is 1. The van der Waals surface area contributed by atoms with Gasteiger partial charge in [-0.15, -0.1) is 0 Å². The van der Waals surface area contributed by atoms with Crippen molar-refractivity contribution in [3.05, 3.63) is 24.0 Å². The molecular formula is C13H24N2O2. The molecule has 4 nitrogen and oxygen atoms in total. The number of nitrogens with two attached hydrogens (primary N) is 1. The van der Waals surface area contributed by atoms with Crippen LogP contribution in [0.4, 0.5) is 0 Å². The monoisotopic (exact) mass is 240 g/mol. The molecule has 1 atom stereocenters. The fourth-order valence-corrected chi connectivity index (χ4v) is 1.67. The molecule has 0 aliphatic heterocycles. The van der Waals surface area contributed by atoms with Crippen LogP contribution in [0, 0.1) is 0 Å². The standard InChI is InChI=1S/C13H24N2O2/c1-3-12(14)11-13-5-4-6-15(13)7-8-17-10-9-16-2/h4-6,12H,3,7-11,14H2,1-2H3. The third-order valence-electron chi connectivity index (χ3n) is 2.83. The SMILES string of the molecule is CCC(N)Cc1cccn1CCOCCOC. The third-order valence-corrected chi connectivity index (χ3v) is 2.83. The van der Waals surface area contributed by atoms with Crippen molar-refractivity contribution in [2.45, 2.75) is 32.4 Å². The van der Waals surface area contributed by atoms with E-state index in [1.807, 2.05) is 0 Å². The predicted octanol–water partition coefficient (Wildman–Crippen LogP) is 1.43. The van der Waals surface area contributed by atoms with E-state index in [2.05, 4.69) is 29.8 Å². The molecule has 0 amide bonds. The molecule has 1 aromatic heterocycles. The van der Waals surface area contributed by atoms with E-state index in [1.54, 1.807) is 7.11 Å². The van der Waals surface area contributed by atoms with Crippen LogP contribution in [-0.4, -0.2) is 37.5 Å². The first-order valence-electron chi connectivity index (χ1n) is 6.24. The number of rotatable bonds is 9. The zero-order valence-corrected chi connectivity index (χ0v) is 10.9. The fourth-order valence-electron chi connectivity index (χ4n) is 1.67. The highest BCUT2D eigenvalue weighted by molar-refractivity contribution is 5.08. The van der Waals surface area contributed by atoms with Gasteiger partial charge in [0.05, 0.1) is 19.8 Å². The zero-order valence-electron chi connectivity index (χ0n) is 10.9. The van der Waals surface area contributed by atoms with Gasteiger partial charge in [-0.3, -0.25) is 0 Å². The van der Waals surface area contributed by atoms with Crippen LogP contribution in [0.15, 0.2) is 18.3 Å². The number of aromatic nitrogens is 1. The first-order chi connectivity index (χ1) is 8.27. The van der Waals surface area contributed by atoms with Crippen LogP contribution in [0.3, 0.4) is 0 Å². The summed E-state index contributed by atoms with van der Waals surface area (Å²) in [6, 6.07) is 4.44. The molecule has 0 aliphatic carbocycles. The highest BCUT2D eigenvalue weighted by Gasteiger charge is 2.05. The average molecular weight is 240 g/mol. The van der Waals surface area contributed by atoms with Crippen LogP contribution in [0.25, 0.3) is 0 Å². The molecular weight excluding hydrogens is 216 g/mol. The van der Waals surface area contributed by atoms with E-state index >= 15 is 0 Å². The first kappa shape index (κ1) is 14.2. The average Bonchev–Trinajstić information content (AvgIpc) is 2.76. The summed E-state index contributed by atoms with van der Waals surface area (Å²) in [5, 5.41) is 0. The van der Waals surface area contributed by atoms with Gasteiger partial charge in [0.25, 0.3) is 0 Å². The summed E-state index contributed by atoms with van der Waals surface area (Å²) in [5.74, 6) is 0. The van der Waals surface area contributed by atoms with Gasteiger partial charge in [0.1, 0.15) is 0 Å². The molecule has 0 saturated heterocycles. The molecule has 0 aliphatic rings. The molecule has 0 saturated carbocycles. The van der Waals surface area contributed by atoms with Gasteiger partial charge in [-0.2, -0.15) is 0 Å². The molecule has 4 heteroatoms. The smallest absolute Gasteiger partial charge is 0.0701 e. The van der Waals surface area contributed by atoms with E-state index < -0.39 is 0 Å². The van der Waals surface area contributed by atoms with Gasteiger partial charge in [-0.25, -0.2) is 0 Å². The minimum atomic E-state index is 0.248. The Balaban J connectivity index is 2.30. The largest absolute Gasteiger partial charge is 0.382 e. The number of methoxy groups -OCH3 is 1. The summed E-state index contributed by atoms with van der Waals surface area (Å²) in [7, 11) is 1.68. The molecule has 1 unspecified atom stereocenters. The first-order valence-corrected chi connectivity index (χ1v) is 6.24. The lowest BCUT2D eigenvalue weighted by molar-refractivity contribution is 0.0664. The summed E-state index contributed by atoms with van der Waals surface area (Å²) in [6.07, 6.45) is 4.02. The van der Waals surface area contributed by atoms with Crippen LogP contribution in [0.1, 0.15) is 19.0 Å². The van der Waals surface area contributed by atoms with Gasteiger partial charge >= 0.3 is 0 Å². The van der Waals surface area contributed by atoms with Gasteiger partial charge < -0.3 is 19.8 Å². The highest BCUT2D eigenvalue weighted by atomic mass is 16.5. The predicted molar refractivity (Wildman–Crippen MR) is 69.1 cm³/mol. The lowest BCUT2D eigenvalue weighted by Crippen LogP contribution is -2.23. The van der Waals surface area contributed by atoms with Gasteiger partial charge in [0, 0.05) is 38.0 Å². The third kappa shape index (κ3) is 5.35. The number of hydrogen-bond donors (Lipinski definition) is 1. The molecule has 0 bridgehead atoms. The quantitative estimate of drug-likeness (QED) is 0.664. The number of ether oxygens (including phenoxy) is 2. The van der Waals surface area contributed by atoms with E-state index in [0.717, 1.165) is 19.4 Å². The maximum Gasteiger partial charge on any atom is 0.0701 e. The minimum Gasteiger partial charge on any atom is -0.382 e. The topological polar surface area (TPSA) is 49.4 Å². The molecule has 2 N–H and O–H groups in total. The molecule has 1 heterocycles. The molecule has 1 aromatic rings. The Hall–Kier alpha value is -0.840. The van der Waals surface area contributed by atoms with E-state index in [-0.39, 0.29) is 6.04 Å². The summed E-state index contributed by atoms with van der Waals surface area (Å²) in [4.78, 5) is 0. The van der Waals surface area contributed by atoms with Crippen molar-refractivity contribution in [3.63, 3.8) is 0 Å². The molecule has 0 radical (unpaired) electrons. The van der Waals surface area contributed by atoms with Crippen LogP contribution in [0.2, 0.25) is 0 Å². The Morgan fingerprint density at radius 1 is 1.35 bits per heavy atom. The van der Waals surface area contributed by atoms with Crippen LogP contribution < -0.4 is 5.73 Å². The molecule has 17 heavy (non-hydrogen) atoms.